The molecule has 13 heavy (non-hydrogen) atoms. The molecule has 0 spiro atoms. The number of rotatable bonds is 1. The van der Waals surface area contributed by atoms with E-state index in [0.29, 0.717) is 5.92 Å². The zero-order valence-electron chi connectivity index (χ0n) is 8.52. The molecule has 0 aliphatic carbocycles. The summed E-state index contributed by atoms with van der Waals surface area (Å²) in [5.74, 6) is 0.565. The molecular formula is C10H17N3. The molecule has 0 saturated heterocycles. The summed E-state index contributed by atoms with van der Waals surface area (Å²) in [5.41, 5.74) is 2.55. The molecule has 3 heteroatoms. The summed E-state index contributed by atoms with van der Waals surface area (Å²) in [6.45, 7) is 7.74. The van der Waals surface area contributed by atoms with Gasteiger partial charge in [-0.3, -0.25) is 0 Å². The number of nitrogens with one attached hydrogen (secondary N) is 2. The first-order valence-corrected chi connectivity index (χ1v) is 4.92. The smallest absolute Gasteiger partial charge is 0.0926 e. The third-order valence-corrected chi connectivity index (χ3v) is 3.23. The van der Waals surface area contributed by atoms with Crippen molar-refractivity contribution in [3.8, 4) is 0 Å². The Bertz CT molecular complexity index is 303. The van der Waals surface area contributed by atoms with Crippen LogP contribution in [0.15, 0.2) is 6.33 Å². The highest BCUT2D eigenvalue weighted by molar-refractivity contribution is 5.24. The number of imidazole rings is 1. The molecule has 2 N–H and O–H groups in total. The number of hydrogen-bond acceptors (Lipinski definition) is 2. The van der Waals surface area contributed by atoms with Gasteiger partial charge in [0.15, 0.2) is 0 Å². The highest BCUT2D eigenvalue weighted by atomic mass is 15.1. The van der Waals surface area contributed by atoms with Crippen LogP contribution in [0.3, 0.4) is 0 Å². The lowest BCUT2D eigenvalue weighted by molar-refractivity contribution is 0.245. The molecule has 1 unspecified atom stereocenters. The molecule has 3 nitrogen and oxygen atoms in total. The van der Waals surface area contributed by atoms with Crippen molar-refractivity contribution in [2.75, 3.05) is 6.54 Å². The molecule has 1 aliphatic rings. The number of aromatic nitrogens is 2. The van der Waals surface area contributed by atoms with E-state index in [1.54, 1.807) is 6.33 Å². The lowest BCUT2D eigenvalue weighted by atomic mass is 9.81. The SMILES string of the molecule is CC(C)C1(C)NCCc2[nH]cnc21. The van der Waals surface area contributed by atoms with Crippen molar-refractivity contribution in [2.24, 2.45) is 5.92 Å². The third-order valence-electron chi connectivity index (χ3n) is 3.23. The van der Waals surface area contributed by atoms with Crippen LogP contribution in [0.5, 0.6) is 0 Å². The highest BCUT2D eigenvalue weighted by Crippen LogP contribution is 2.32. The number of aromatic amines is 1. The normalized spacial score (nSPS) is 27.7. The summed E-state index contributed by atoms with van der Waals surface area (Å²) in [5, 5.41) is 3.55. The topological polar surface area (TPSA) is 40.7 Å². The van der Waals surface area contributed by atoms with E-state index in [9.17, 15) is 0 Å². The van der Waals surface area contributed by atoms with Gasteiger partial charge >= 0.3 is 0 Å². The van der Waals surface area contributed by atoms with E-state index in [-0.39, 0.29) is 5.54 Å². The summed E-state index contributed by atoms with van der Waals surface area (Å²) in [6.07, 6.45) is 2.87. The van der Waals surface area contributed by atoms with Crippen LogP contribution in [0.1, 0.15) is 32.2 Å². The first-order chi connectivity index (χ1) is 6.14. The van der Waals surface area contributed by atoms with Crippen LogP contribution >= 0.6 is 0 Å². The number of fused-ring (bicyclic) bond motifs is 1. The molecule has 0 saturated carbocycles. The molecule has 1 aromatic heterocycles. The van der Waals surface area contributed by atoms with Crippen molar-refractivity contribution in [1.82, 2.24) is 15.3 Å². The zero-order chi connectivity index (χ0) is 9.47. The fraction of sp³-hybridized carbons (Fsp3) is 0.700. The van der Waals surface area contributed by atoms with Crippen LogP contribution in [0, 0.1) is 5.92 Å². The Hall–Kier alpha value is -0.830. The van der Waals surface area contributed by atoms with E-state index in [1.807, 2.05) is 0 Å². The number of nitrogens with zero attached hydrogens (tertiary/aromatic N) is 1. The minimum atomic E-state index is 0.0492. The molecule has 0 bridgehead atoms. The Morgan fingerprint density at radius 2 is 2.31 bits per heavy atom. The van der Waals surface area contributed by atoms with Crippen LogP contribution in [-0.4, -0.2) is 16.5 Å². The summed E-state index contributed by atoms with van der Waals surface area (Å²) in [4.78, 5) is 7.63. The summed E-state index contributed by atoms with van der Waals surface area (Å²) in [7, 11) is 0. The van der Waals surface area contributed by atoms with E-state index >= 15 is 0 Å². The van der Waals surface area contributed by atoms with Crippen LogP contribution in [-0.2, 0) is 12.0 Å². The summed E-state index contributed by atoms with van der Waals surface area (Å²) >= 11 is 0. The van der Waals surface area contributed by atoms with E-state index in [1.165, 1.54) is 11.4 Å². The van der Waals surface area contributed by atoms with Gasteiger partial charge in [-0.15, -0.1) is 0 Å². The van der Waals surface area contributed by atoms with E-state index in [4.69, 9.17) is 0 Å². The fourth-order valence-corrected chi connectivity index (χ4v) is 1.97. The van der Waals surface area contributed by atoms with Gasteiger partial charge in [0.25, 0.3) is 0 Å². The van der Waals surface area contributed by atoms with E-state index in [0.717, 1.165) is 13.0 Å². The molecule has 2 rings (SSSR count). The molecule has 0 radical (unpaired) electrons. The van der Waals surface area contributed by atoms with Gasteiger partial charge in [-0.05, 0) is 12.8 Å². The average Bonchev–Trinajstić information content (AvgIpc) is 2.53. The molecule has 1 aliphatic heterocycles. The van der Waals surface area contributed by atoms with Crippen molar-refractivity contribution in [3.63, 3.8) is 0 Å². The Morgan fingerprint density at radius 3 is 3.00 bits per heavy atom. The quantitative estimate of drug-likeness (QED) is 0.684. The van der Waals surface area contributed by atoms with Gasteiger partial charge in [-0.2, -0.15) is 0 Å². The van der Waals surface area contributed by atoms with Crippen molar-refractivity contribution in [2.45, 2.75) is 32.7 Å². The molecule has 1 aromatic rings. The van der Waals surface area contributed by atoms with Gasteiger partial charge < -0.3 is 10.3 Å². The van der Waals surface area contributed by atoms with E-state index in [2.05, 4.69) is 36.1 Å². The van der Waals surface area contributed by atoms with Crippen molar-refractivity contribution in [1.29, 1.82) is 0 Å². The number of hydrogen-bond donors (Lipinski definition) is 2. The lowest BCUT2D eigenvalue weighted by Gasteiger charge is -2.37. The first kappa shape index (κ1) is 8.75. The summed E-state index contributed by atoms with van der Waals surface area (Å²) in [6, 6.07) is 0. The molecule has 0 fully saturated rings. The molecule has 2 heterocycles. The molecule has 0 amide bonds. The highest BCUT2D eigenvalue weighted by Gasteiger charge is 2.36. The lowest BCUT2D eigenvalue weighted by Crippen LogP contribution is -2.48. The largest absolute Gasteiger partial charge is 0.348 e. The maximum absolute atomic E-state index is 4.41. The maximum Gasteiger partial charge on any atom is 0.0926 e. The fourth-order valence-electron chi connectivity index (χ4n) is 1.97. The van der Waals surface area contributed by atoms with Crippen molar-refractivity contribution >= 4 is 0 Å². The number of H-pyrrole nitrogens is 1. The molecular weight excluding hydrogens is 162 g/mol. The van der Waals surface area contributed by atoms with Crippen molar-refractivity contribution < 1.29 is 0 Å². The Kier molecular flexibility index (Phi) is 1.91. The van der Waals surface area contributed by atoms with Gasteiger partial charge in [0.05, 0.1) is 17.6 Å². The van der Waals surface area contributed by atoms with Gasteiger partial charge in [-0.1, -0.05) is 13.8 Å². The average molecular weight is 179 g/mol. The Labute approximate surface area is 79.0 Å². The predicted molar refractivity (Wildman–Crippen MR) is 52.5 cm³/mol. The van der Waals surface area contributed by atoms with Gasteiger partial charge in [0.1, 0.15) is 0 Å². The van der Waals surface area contributed by atoms with Gasteiger partial charge in [0.2, 0.25) is 0 Å². The predicted octanol–water partition coefficient (Wildman–Crippen LogP) is 1.43. The van der Waals surface area contributed by atoms with Crippen LogP contribution in [0.2, 0.25) is 0 Å². The van der Waals surface area contributed by atoms with Gasteiger partial charge in [-0.25, -0.2) is 4.98 Å². The van der Waals surface area contributed by atoms with Gasteiger partial charge in [0, 0.05) is 18.7 Å². The second-order valence-corrected chi connectivity index (χ2v) is 4.26. The monoisotopic (exact) mass is 179 g/mol. The first-order valence-electron chi connectivity index (χ1n) is 4.92. The van der Waals surface area contributed by atoms with Crippen molar-refractivity contribution in [3.05, 3.63) is 17.7 Å². The molecule has 0 aromatic carbocycles. The summed E-state index contributed by atoms with van der Waals surface area (Å²) < 4.78 is 0. The molecule has 72 valence electrons. The Balaban J connectivity index is 2.45. The second kappa shape index (κ2) is 2.84. The Morgan fingerprint density at radius 1 is 1.54 bits per heavy atom. The minimum absolute atomic E-state index is 0.0492. The molecule has 1 atom stereocenters. The third kappa shape index (κ3) is 1.18. The van der Waals surface area contributed by atoms with Crippen LogP contribution in [0.25, 0.3) is 0 Å². The van der Waals surface area contributed by atoms with E-state index < -0.39 is 0 Å². The zero-order valence-corrected chi connectivity index (χ0v) is 8.52. The van der Waals surface area contributed by atoms with Crippen LogP contribution in [0.4, 0.5) is 0 Å². The second-order valence-electron chi connectivity index (χ2n) is 4.26. The maximum atomic E-state index is 4.41. The minimum Gasteiger partial charge on any atom is -0.348 e. The standard InChI is InChI=1S/C10H17N3/c1-7(2)10(3)9-8(4-5-13-10)11-6-12-9/h6-7,13H,4-5H2,1-3H3,(H,11,12). The van der Waals surface area contributed by atoms with Crippen LogP contribution < -0.4 is 5.32 Å².